The number of fused-ring (bicyclic) bond motifs is 1. The van der Waals surface area contributed by atoms with Crippen LogP contribution in [0.3, 0.4) is 0 Å². The highest BCUT2D eigenvalue weighted by atomic mass is 16.6. The molecule has 3 heterocycles. The largest absolute Gasteiger partial charge is 0.459 e. The Hall–Kier alpha value is -3.79. The van der Waals surface area contributed by atoms with Crippen molar-refractivity contribution in [3.05, 3.63) is 64.7 Å². The first-order chi connectivity index (χ1) is 14.9. The Labute approximate surface area is 176 Å². The SMILES string of the molecule is CC(=O)O[C@@H]1C[C@@H](COC(=O)c2ccccc2)O[C@H]1n1ccc(=O)c2c(N)ncnc21. The highest BCUT2D eigenvalue weighted by molar-refractivity contribution is 5.89. The Morgan fingerprint density at radius 1 is 1.23 bits per heavy atom. The number of aromatic nitrogens is 3. The Bertz CT molecular complexity index is 1180. The van der Waals surface area contributed by atoms with Gasteiger partial charge in [0.25, 0.3) is 0 Å². The lowest BCUT2D eigenvalue weighted by atomic mass is 10.2. The number of ether oxygens (including phenoxy) is 3. The van der Waals surface area contributed by atoms with Crippen LogP contribution in [0.1, 0.15) is 29.9 Å². The van der Waals surface area contributed by atoms with Gasteiger partial charge in [-0.3, -0.25) is 9.59 Å². The van der Waals surface area contributed by atoms with Crippen LogP contribution in [-0.2, 0) is 19.0 Å². The minimum absolute atomic E-state index is 0.0305. The molecule has 1 saturated heterocycles. The summed E-state index contributed by atoms with van der Waals surface area (Å²) in [5, 5.41) is 0.147. The molecule has 2 aromatic heterocycles. The van der Waals surface area contributed by atoms with Crippen molar-refractivity contribution in [1.29, 1.82) is 0 Å². The molecule has 1 aliphatic rings. The summed E-state index contributed by atoms with van der Waals surface area (Å²) in [4.78, 5) is 44.1. The number of hydrogen-bond donors (Lipinski definition) is 1. The molecule has 3 aromatic rings. The minimum atomic E-state index is -0.790. The maximum absolute atomic E-state index is 12.2. The van der Waals surface area contributed by atoms with E-state index in [2.05, 4.69) is 9.97 Å². The van der Waals surface area contributed by atoms with Crippen molar-refractivity contribution in [2.75, 3.05) is 12.3 Å². The van der Waals surface area contributed by atoms with E-state index in [1.165, 1.54) is 25.5 Å². The number of hydrogen-bond acceptors (Lipinski definition) is 9. The predicted molar refractivity (Wildman–Crippen MR) is 109 cm³/mol. The van der Waals surface area contributed by atoms with Crippen molar-refractivity contribution >= 4 is 28.8 Å². The van der Waals surface area contributed by atoms with Crippen LogP contribution in [-0.4, -0.2) is 45.3 Å². The third-order valence-electron chi connectivity index (χ3n) is 4.88. The van der Waals surface area contributed by atoms with Crippen LogP contribution < -0.4 is 11.2 Å². The molecule has 4 rings (SSSR count). The number of benzene rings is 1. The monoisotopic (exact) mass is 424 g/mol. The molecule has 1 aliphatic heterocycles. The van der Waals surface area contributed by atoms with Gasteiger partial charge in [0.05, 0.1) is 11.7 Å². The molecule has 0 aliphatic carbocycles. The molecule has 0 radical (unpaired) electrons. The fraction of sp³-hybridized carbons (Fsp3) is 0.286. The van der Waals surface area contributed by atoms with E-state index < -0.39 is 30.4 Å². The molecule has 10 heteroatoms. The van der Waals surface area contributed by atoms with Crippen LogP contribution in [0.2, 0.25) is 0 Å². The second kappa shape index (κ2) is 8.52. The van der Waals surface area contributed by atoms with E-state index in [0.29, 0.717) is 12.0 Å². The lowest BCUT2D eigenvalue weighted by Crippen LogP contribution is -2.26. The number of carbonyl (C=O) groups is 2. The molecule has 0 saturated carbocycles. The van der Waals surface area contributed by atoms with Crippen molar-refractivity contribution in [2.45, 2.75) is 31.8 Å². The molecule has 1 fully saturated rings. The van der Waals surface area contributed by atoms with Crippen LogP contribution in [0, 0.1) is 0 Å². The Balaban J connectivity index is 1.58. The normalized spacial score (nSPS) is 20.5. The van der Waals surface area contributed by atoms with Crippen LogP contribution in [0.25, 0.3) is 11.0 Å². The zero-order valence-electron chi connectivity index (χ0n) is 16.6. The number of rotatable bonds is 5. The van der Waals surface area contributed by atoms with Gasteiger partial charge in [-0.15, -0.1) is 0 Å². The quantitative estimate of drug-likeness (QED) is 0.604. The van der Waals surface area contributed by atoms with Crippen molar-refractivity contribution in [2.24, 2.45) is 0 Å². The van der Waals surface area contributed by atoms with Gasteiger partial charge in [-0.1, -0.05) is 18.2 Å². The minimum Gasteiger partial charge on any atom is -0.459 e. The van der Waals surface area contributed by atoms with E-state index in [4.69, 9.17) is 19.9 Å². The summed E-state index contributed by atoms with van der Waals surface area (Å²) in [5.41, 5.74) is 6.20. The van der Waals surface area contributed by atoms with E-state index in [1.54, 1.807) is 34.9 Å². The van der Waals surface area contributed by atoms with Gasteiger partial charge >= 0.3 is 11.9 Å². The van der Waals surface area contributed by atoms with Crippen molar-refractivity contribution in [3.8, 4) is 0 Å². The molecule has 0 spiro atoms. The van der Waals surface area contributed by atoms with Crippen LogP contribution in [0.15, 0.2) is 53.7 Å². The molecule has 31 heavy (non-hydrogen) atoms. The van der Waals surface area contributed by atoms with Gasteiger partial charge in [-0.25, -0.2) is 14.8 Å². The highest BCUT2D eigenvalue weighted by Gasteiger charge is 2.40. The van der Waals surface area contributed by atoms with Gasteiger partial charge in [0, 0.05) is 25.6 Å². The fourth-order valence-electron chi connectivity index (χ4n) is 3.54. The summed E-state index contributed by atoms with van der Waals surface area (Å²) < 4.78 is 18.4. The lowest BCUT2D eigenvalue weighted by molar-refractivity contribution is -0.152. The topological polar surface area (TPSA) is 136 Å². The third-order valence-corrected chi connectivity index (χ3v) is 4.88. The maximum Gasteiger partial charge on any atom is 0.338 e. The average molecular weight is 424 g/mol. The molecule has 0 amide bonds. The molecule has 0 bridgehead atoms. The number of pyridine rings is 1. The third kappa shape index (κ3) is 4.24. The van der Waals surface area contributed by atoms with E-state index >= 15 is 0 Å². The molecule has 0 unspecified atom stereocenters. The summed E-state index contributed by atoms with van der Waals surface area (Å²) >= 11 is 0. The Morgan fingerprint density at radius 2 is 2.00 bits per heavy atom. The van der Waals surface area contributed by atoms with Gasteiger partial charge < -0.3 is 24.5 Å². The molecular formula is C21H20N4O6. The molecule has 10 nitrogen and oxygen atoms in total. The summed E-state index contributed by atoms with van der Waals surface area (Å²) in [6, 6.07) is 9.90. The highest BCUT2D eigenvalue weighted by Crippen LogP contribution is 2.33. The second-order valence-corrected chi connectivity index (χ2v) is 7.04. The zero-order valence-corrected chi connectivity index (χ0v) is 16.6. The van der Waals surface area contributed by atoms with E-state index in [-0.39, 0.29) is 28.9 Å². The van der Waals surface area contributed by atoms with Crippen LogP contribution in [0.5, 0.6) is 0 Å². The van der Waals surface area contributed by atoms with Gasteiger partial charge in [-0.2, -0.15) is 0 Å². The molecule has 160 valence electrons. The first-order valence-electron chi connectivity index (χ1n) is 9.60. The molecule has 3 atom stereocenters. The summed E-state index contributed by atoms with van der Waals surface area (Å²) in [7, 11) is 0. The first-order valence-corrected chi connectivity index (χ1v) is 9.60. The van der Waals surface area contributed by atoms with Crippen LogP contribution >= 0.6 is 0 Å². The van der Waals surface area contributed by atoms with E-state index in [9.17, 15) is 14.4 Å². The smallest absolute Gasteiger partial charge is 0.338 e. The van der Waals surface area contributed by atoms with Gasteiger partial charge in [0.2, 0.25) is 0 Å². The fourth-order valence-corrected chi connectivity index (χ4v) is 3.54. The molecule has 2 N–H and O–H groups in total. The van der Waals surface area contributed by atoms with Crippen molar-refractivity contribution in [3.63, 3.8) is 0 Å². The van der Waals surface area contributed by atoms with Gasteiger partial charge in [0.15, 0.2) is 17.3 Å². The number of nitrogens with two attached hydrogens (primary N) is 1. The summed E-state index contributed by atoms with van der Waals surface area (Å²) in [5.74, 6) is -0.925. The van der Waals surface area contributed by atoms with E-state index in [1.807, 2.05) is 0 Å². The number of carbonyl (C=O) groups excluding carboxylic acids is 2. The summed E-state index contributed by atoms with van der Waals surface area (Å²) in [6.07, 6.45) is 1.02. The molecule has 1 aromatic carbocycles. The maximum atomic E-state index is 12.2. The van der Waals surface area contributed by atoms with Crippen LogP contribution in [0.4, 0.5) is 5.82 Å². The predicted octanol–water partition coefficient (Wildman–Crippen LogP) is 1.45. The molecular weight excluding hydrogens is 404 g/mol. The first kappa shape index (κ1) is 20.5. The number of anilines is 1. The second-order valence-electron chi connectivity index (χ2n) is 7.04. The van der Waals surface area contributed by atoms with Gasteiger partial charge in [-0.05, 0) is 12.1 Å². The number of esters is 2. The zero-order chi connectivity index (χ0) is 22.0. The summed E-state index contributed by atoms with van der Waals surface area (Å²) in [6.45, 7) is 1.26. The van der Waals surface area contributed by atoms with Gasteiger partial charge in [0.1, 0.15) is 30.2 Å². The Morgan fingerprint density at radius 3 is 2.74 bits per heavy atom. The number of nitrogen functional groups attached to an aromatic ring is 1. The van der Waals surface area contributed by atoms with E-state index in [0.717, 1.165) is 0 Å². The van der Waals surface area contributed by atoms with Crippen molar-refractivity contribution in [1.82, 2.24) is 14.5 Å². The number of nitrogens with zero attached hydrogens (tertiary/aromatic N) is 3. The lowest BCUT2D eigenvalue weighted by Gasteiger charge is -2.22. The Kier molecular flexibility index (Phi) is 5.63. The standard InChI is InChI=1S/C21H20N4O6/c1-12(26)30-16-9-14(10-29-21(28)13-5-3-2-4-6-13)31-20(16)25-8-7-15(27)17-18(22)23-11-24-19(17)25/h2-8,11,14,16,20H,9-10H2,1H3,(H2,22,23,24)/t14-,16+,20+/m0/s1. The average Bonchev–Trinajstić information content (AvgIpc) is 3.14. The van der Waals surface area contributed by atoms with Crippen molar-refractivity contribution < 1.29 is 23.8 Å².